The van der Waals surface area contributed by atoms with Gasteiger partial charge in [-0.3, -0.25) is 9.59 Å². The minimum atomic E-state index is -0.338. The highest BCUT2D eigenvalue weighted by Crippen LogP contribution is 2.25. The maximum absolute atomic E-state index is 12.7. The van der Waals surface area contributed by atoms with E-state index in [-0.39, 0.29) is 24.1 Å². The average Bonchev–Trinajstić information content (AvgIpc) is 2.60. The molecule has 27 heavy (non-hydrogen) atoms. The van der Waals surface area contributed by atoms with Crippen LogP contribution in [0.5, 0.6) is 5.75 Å². The van der Waals surface area contributed by atoms with Crippen LogP contribution in [0.4, 0.5) is 5.69 Å². The Kier molecular flexibility index (Phi) is 5.73. The van der Waals surface area contributed by atoms with Crippen molar-refractivity contribution in [2.24, 2.45) is 0 Å². The number of aromatic nitrogens is 1. The maximum Gasteiger partial charge on any atom is 0.258 e. The van der Waals surface area contributed by atoms with Gasteiger partial charge in [-0.1, -0.05) is 23.2 Å². The van der Waals surface area contributed by atoms with Crippen molar-refractivity contribution in [2.75, 3.05) is 5.32 Å². The van der Waals surface area contributed by atoms with E-state index in [0.717, 1.165) is 5.39 Å². The second-order valence-corrected chi connectivity index (χ2v) is 7.16. The van der Waals surface area contributed by atoms with Crippen LogP contribution in [0.1, 0.15) is 13.8 Å². The molecule has 0 saturated carbocycles. The van der Waals surface area contributed by atoms with Crippen LogP contribution < -0.4 is 15.6 Å². The molecule has 1 N–H and O–H groups in total. The van der Waals surface area contributed by atoms with Gasteiger partial charge in [0.15, 0.2) is 0 Å². The third-order valence-corrected chi connectivity index (χ3v) is 4.58. The van der Waals surface area contributed by atoms with Gasteiger partial charge in [0.2, 0.25) is 5.91 Å². The summed E-state index contributed by atoms with van der Waals surface area (Å²) in [6.45, 7) is 3.77. The van der Waals surface area contributed by atoms with E-state index in [9.17, 15) is 9.59 Å². The molecule has 0 aliphatic heterocycles. The molecule has 5 nitrogen and oxygen atoms in total. The van der Waals surface area contributed by atoms with Gasteiger partial charge in [0.05, 0.1) is 16.1 Å². The van der Waals surface area contributed by atoms with E-state index in [1.54, 1.807) is 42.6 Å². The predicted molar refractivity (Wildman–Crippen MR) is 109 cm³/mol. The molecule has 0 saturated heterocycles. The van der Waals surface area contributed by atoms with Gasteiger partial charge in [0.1, 0.15) is 12.3 Å². The number of carbonyl (C=O) groups excluding carboxylic acids is 1. The normalized spacial score (nSPS) is 11.0. The number of anilines is 1. The Hall–Kier alpha value is -2.50. The van der Waals surface area contributed by atoms with Crippen molar-refractivity contribution in [2.45, 2.75) is 26.5 Å². The first-order valence-electron chi connectivity index (χ1n) is 8.38. The summed E-state index contributed by atoms with van der Waals surface area (Å²) >= 11 is 11.8. The molecule has 0 radical (unpaired) electrons. The largest absolute Gasteiger partial charge is 0.491 e. The SMILES string of the molecule is CC(C)Oc1ccc2c(=O)n(CC(=O)Nc3ccc(Cl)c(Cl)c3)ccc2c1. The summed E-state index contributed by atoms with van der Waals surface area (Å²) in [5.74, 6) is 0.363. The molecule has 0 atom stereocenters. The van der Waals surface area contributed by atoms with Gasteiger partial charge in [-0.25, -0.2) is 0 Å². The van der Waals surface area contributed by atoms with Crippen molar-refractivity contribution in [1.82, 2.24) is 4.57 Å². The Morgan fingerprint density at radius 3 is 2.59 bits per heavy atom. The Bertz CT molecular complexity index is 1060. The molecule has 0 aliphatic rings. The number of benzene rings is 2. The van der Waals surface area contributed by atoms with Gasteiger partial charge in [-0.05, 0) is 61.7 Å². The minimum Gasteiger partial charge on any atom is -0.491 e. The van der Waals surface area contributed by atoms with Gasteiger partial charge in [0, 0.05) is 17.3 Å². The maximum atomic E-state index is 12.7. The summed E-state index contributed by atoms with van der Waals surface area (Å²) in [7, 11) is 0. The minimum absolute atomic E-state index is 0.0490. The lowest BCUT2D eigenvalue weighted by atomic mass is 10.1. The second kappa shape index (κ2) is 8.03. The molecule has 0 spiro atoms. The van der Waals surface area contributed by atoms with Crippen molar-refractivity contribution >= 4 is 45.6 Å². The Morgan fingerprint density at radius 1 is 1.11 bits per heavy atom. The molecule has 1 amide bonds. The fraction of sp³-hybridized carbons (Fsp3) is 0.200. The van der Waals surface area contributed by atoms with Crippen LogP contribution in [0.15, 0.2) is 53.5 Å². The average molecular weight is 405 g/mol. The van der Waals surface area contributed by atoms with Gasteiger partial charge < -0.3 is 14.6 Å². The Labute approximate surface area is 166 Å². The quantitative estimate of drug-likeness (QED) is 0.668. The number of pyridine rings is 1. The topological polar surface area (TPSA) is 60.3 Å². The zero-order valence-electron chi connectivity index (χ0n) is 14.8. The summed E-state index contributed by atoms with van der Waals surface area (Å²) in [6.07, 6.45) is 1.64. The standard InChI is InChI=1S/C20H18Cl2N2O3/c1-12(2)27-15-4-5-16-13(9-15)7-8-24(20(16)26)11-19(25)23-14-3-6-17(21)18(22)10-14/h3-10,12H,11H2,1-2H3,(H,23,25). The van der Waals surface area contributed by atoms with Gasteiger partial charge in [0.25, 0.3) is 5.56 Å². The Balaban J connectivity index is 1.80. The van der Waals surface area contributed by atoms with Crippen LogP contribution in [0.2, 0.25) is 10.0 Å². The molecule has 0 aliphatic carbocycles. The lowest BCUT2D eigenvalue weighted by Gasteiger charge is -2.12. The number of ether oxygens (including phenoxy) is 1. The van der Waals surface area contributed by atoms with Gasteiger partial charge in [-0.2, -0.15) is 0 Å². The smallest absolute Gasteiger partial charge is 0.258 e. The van der Waals surface area contributed by atoms with Crippen LogP contribution in [0.25, 0.3) is 10.8 Å². The number of carbonyl (C=O) groups is 1. The molecule has 3 aromatic rings. The summed E-state index contributed by atoms with van der Waals surface area (Å²) in [4.78, 5) is 24.9. The van der Waals surface area contributed by atoms with Crippen LogP contribution in [0, 0.1) is 0 Å². The first-order chi connectivity index (χ1) is 12.8. The molecule has 0 fully saturated rings. The van der Waals surface area contributed by atoms with Crippen molar-refractivity contribution < 1.29 is 9.53 Å². The Morgan fingerprint density at radius 2 is 1.89 bits per heavy atom. The van der Waals surface area contributed by atoms with Crippen molar-refractivity contribution in [1.29, 1.82) is 0 Å². The first kappa shape index (κ1) is 19.3. The number of amides is 1. The molecule has 1 heterocycles. The van der Waals surface area contributed by atoms with Crippen molar-refractivity contribution in [3.05, 3.63) is 69.1 Å². The fourth-order valence-electron chi connectivity index (χ4n) is 2.67. The second-order valence-electron chi connectivity index (χ2n) is 6.34. The van der Waals surface area contributed by atoms with E-state index in [1.165, 1.54) is 4.57 Å². The third kappa shape index (κ3) is 4.62. The number of hydrogen-bond donors (Lipinski definition) is 1. The van der Waals surface area contributed by atoms with Crippen LogP contribution in [-0.2, 0) is 11.3 Å². The van der Waals surface area contributed by atoms with Gasteiger partial charge in [-0.15, -0.1) is 0 Å². The number of fused-ring (bicyclic) bond motifs is 1. The summed E-state index contributed by atoms with van der Waals surface area (Å²) in [5, 5.41) is 4.74. The molecule has 1 aromatic heterocycles. The zero-order chi connectivity index (χ0) is 19.6. The van der Waals surface area contributed by atoms with Crippen LogP contribution in [-0.4, -0.2) is 16.6 Å². The highest BCUT2D eigenvalue weighted by atomic mass is 35.5. The number of nitrogens with zero attached hydrogens (tertiary/aromatic N) is 1. The highest BCUT2D eigenvalue weighted by Gasteiger charge is 2.10. The number of nitrogens with one attached hydrogen (secondary N) is 1. The van der Waals surface area contributed by atoms with Crippen molar-refractivity contribution in [3.8, 4) is 5.75 Å². The summed E-state index contributed by atoms with van der Waals surface area (Å²) in [6, 6.07) is 11.9. The van der Waals surface area contributed by atoms with E-state index < -0.39 is 0 Å². The van der Waals surface area contributed by atoms with E-state index >= 15 is 0 Å². The third-order valence-electron chi connectivity index (χ3n) is 3.84. The zero-order valence-corrected chi connectivity index (χ0v) is 16.3. The van der Waals surface area contributed by atoms with E-state index in [2.05, 4.69) is 5.32 Å². The van der Waals surface area contributed by atoms with Crippen molar-refractivity contribution in [3.63, 3.8) is 0 Å². The monoisotopic (exact) mass is 404 g/mol. The van der Waals surface area contributed by atoms with E-state index in [1.807, 2.05) is 19.9 Å². The highest BCUT2D eigenvalue weighted by molar-refractivity contribution is 6.42. The van der Waals surface area contributed by atoms with E-state index in [4.69, 9.17) is 27.9 Å². The molecular weight excluding hydrogens is 387 g/mol. The molecule has 140 valence electrons. The molecule has 2 aromatic carbocycles. The number of hydrogen-bond acceptors (Lipinski definition) is 3. The molecule has 0 unspecified atom stereocenters. The molecule has 3 rings (SSSR count). The molecule has 7 heteroatoms. The molecular formula is C20H18Cl2N2O3. The molecule has 0 bridgehead atoms. The predicted octanol–water partition coefficient (Wildman–Crippen LogP) is 4.73. The summed E-state index contributed by atoms with van der Waals surface area (Å²) in [5.41, 5.74) is 0.270. The van der Waals surface area contributed by atoms with Gasteiger partial charge >= 0.3 is 0 Å². The number of halogens is 2. The number of rotatable bonds is 5. The lowest BCUT2D eigenvalue weighted by Crippen LogP contribution is -2.27. The van der Waals surface area contributed by atoms with Crippen LogP contribution >= 0.6 is 23.2 Å². The lowest BCUT2D eigenvalue weighted by molar-refractivity contribution is -0.116. The fourth-order valence-corrected chi connectivity index (χ4v) is 2.96. The summed E-state index contributed by atoms with van der Waals surface area (Å²) < 4.78 is 7.01. The first-order valence-corrected chi connectivity index (χ1v) is 9.14. The van der Waals surface area contributed by atoms with E-state index in [0.29, 0.717) is 26.9 Å². The van der Waals surface area contributed by atoms with Crippen LogP contribution in [0.3, 0.4) is 0 Å².